The Balaban J connectivity index is 2.35. The minimum Gasteiger partial charge on any atom is -0.311 e. The van der Waals surface area contributed by atoms with Crippen molar-refractivity contribution in [2.75, 3.05) is 26.7 Å². The largest absolute Gasteiger partial charge is 0.311 e. The second-order valence-corrected chi connectivity index (χ2v) is 5.02. The highest BCUT2D eigenvalue weighted by atomic mass is 79.9. The summed E-state index contributed by atoms with van der Waals surface area (Å²) in [5, 5.41) is 4.19. The molecule has 0 heterocycles. The van der Waals surface area contributed by atoms with Crippen molar-refractivity contribution < 1.29 is 0 Å². The molecule has 0 fully saturated rings. The van der Waals surface area contributed by atoms with E-state index in [1.54, 1.807) is 0 Å². The van der Waals surface area contributed by atoms with Crippen LogP contribution in [-0.4, -0.2) is 31.6 Å². The van der Waals surface area contributed by atoms with Crippen molar-refractivity contribution in [2.45, 2.75) is 13.5 Å². The van der Waals surface area contributed by atoms with Crippen molar-refractivity contribution in [2.24, 2.45) is 0 Å². The lowest BCUT2D eigenvalue weighted by Gasteiger charge is -2.14. The van der Waals surface area contributed by atoms with Gasteiger partial charge in [-0.05, 0) is 41.2 Å². The average molecular weight is 306 g/mol. The number of likely N-dealkylation sites (N-methyl/N-ethyl adjacent to an activating group) is 1. The van der Waals surface area contributed by atoms with E-state index in [2.05, 4.69) is 40.1 Å². The molecule has 0 aliphatic carbocycles. The standard InChI is InChI=1S/C12H18BrClN2/c1-3-16(2)8-7-15-9-10-5-4-6-11(13)12(10)14/h4-6,15H,3,7-9H2,1-2H3. The summed E-state index contributed by atoms with van der Waals surface area (Å²) in [6, 6.07) is 6.01. The van der Waals surface area contributed by atoms with Gasteiger partial charge in [-0.3, -0.25) is 0 Å². The van der Waals surface area contributed by atoms with Crippen LogP contribution in [0.3, 0.4) is 0 Å². The van der Waals surface area contributed by atoms with Gasteiger partial charge < -0.3 is 10.2 Å². The SMILES string of the molecule is CCN(C)CCNCc1cccc(Br)c1Cl. The highest BCUT2D eigenvalue weighted by Crippen LogP contribution is 2.25. The highest BCUT2D eigenvalue weighted by Gasteiger charge is 2.03. The Kier molecular flexibility index (Phi) is 6.36. The summed E-state index contributed by atoms with van der Waals surface area (Å²) in [7, 11) is 2.12. The Morgan fingerprint density at radius 2 is 2.19 bits per heavy atom. The summed E-state index contributed by atoms with van der Waals surface area (Å²) in [5.41, 5.74) is 1.13. The van der Waals surface area contributed by atoms with Gasteiger partial charge >= 0.3 is 0 Å². The normalized spacial score (nSPS) is 11.1. The minimum absolute atomic E-state index is 0.804. The maximum atomic E-state index is 6.16. The van der Waals surface area contributed by atoms with Gasteiger partial charge in [-0.2, -0.15) is 0 Å². The van der Waals surface area contributed by atoms with Crippen LogP contribution in [0.2, 0.25) is 5.02 Å². The van der Waals surface area contributed by atoms with Crippen LogP contribution in [0.1, 0.15) is 12.5 Å². The van der Waals surface area contributed by atoms with Crippen LogP contribution in [0, 0.1) is 0 Å². The van der Waals surface area contributed by atoms with Crippen LogP contribution in [0.25, 0.3) is 0 Å². The fraction of sp³-hybridized carbons (Fsp3) is 0.500. The van der Waals surface area contributed by atoms with Gasteiger partial charge in [0.2, 0.25) is 0 Å². The van der Waals surface area contributed by atoms with Crippen LogP contribution in [0.5, 0.6) is 0 Å². The molecule has 0 aliphatic heterocycles. The highest BCUT2D eigenvalue weighted by molar-refractivity contribution is 9.10. The quantitative estimate of drug-likeness (QED) is 0.812. The monoisotopic (exact) mass is 304 g/mol. The minimum atomic E-state index is 0.804. The smallest absolute Gasteiger partial charge is 0.0592 e. The van der Waals surface area contributed by atoms with Crippen LogP contribution in [0.4, 0.5) is 0 Å². The van der Waals surface area contributed by atoms with Gasteiger partial charge in [0.1, 0.15) is 0 Å². The summed E-state index contributed by atoms with van der Waals surface area (Å²) >= 11 is 9.59. The lowest BCUT2D eigenvalue weighted by Crippen LogP contribution is -2.28. The van der Waals surface area contributed by atoms with E-state index >= 15 is 0 Å². The van der Waals surface area contributed by atoms with E-state index in [-0.39, 0.29) is 0 Å². The number of hydrogen-bond donors (Lipinski definition) is 1. The molecule has 0 saturated heterocycles. The van der Waals surface area contributed by atoms with Crippen molar-refractivity contribution >= 4 is 27.5 Å². The fourth-order valence-corrected chi connectivity index (χ4v) is 1.94. The van der Waals surface area contributed by atoms with Crippen molar-refractivity contribution in [1.29, 1.82) is 0 Å². The Morgan fingerprint density at radius 3 is 2.88 bits per heavy atom. The lowest BCUT2D eigenvalue weighted by atomic mass is 10.2. The molecule has 1 aromatic carbocycles. The first kappa shape index (κ1) is 14.0. The van der Waals surface area contributed by atoms with Gasteiger partial charge in [0.05, 0.1) is 5.02 Å². The lowest BCUT2D eigenvalue weighted by molar-refractivity contribution is 0.349. The van der Waals surface area contributed by atoms with E-state index in [0.717, 1.165) is 41.2 Å². The predicted octanol–water partition coefficient (Wildman–Crippen LogP) is 3.14. The van der Waals surface area contributed by atoms with E-state index < -0.39 is 0 Å². The molecule has 0 aromatic heterocycles. The van der Waals surface area contributed by atoms with Crippen LogP contribution in [-0.2, 0) is 6.54 Å². The maximum Gasteiger partial charge on any atom is 0.0592 e. The molecule has 0 unspecified atom stereocenters. The first-order chi connectivity index (χ1) is 7.65. The first-order valence-electron chi connectivity index (χ1n) is 5.47. The summed E-state index contributed by atoms with van der Waals surface area (Å²) in [6.45, 7) is 6.09. The Hall–Kier alpha value is -0.0900. The zero-order chi connectivity index (χ0) is 12.0. The van der Waals surface area contributed by atoms with Gasteiger partial charge in [-0.25, -0.2) is 0 Å². The van der Waals surface area contributed by atoms with E-state index in [4.69, 9.17) is 11.6 Å². The third kappa shape index (κ3) is 4.42. The predicted molar refractivity (Wildman–Crippen MR) is 74.0 cm³/mol. The van der Waals surface area contributed by atoms with Gasteiger partial charge in [-0.15, -0.1) is 0 Å². The molecular weight excluding hydrogens is 288 g/mol. The Labute approximate surface area is 111 Å². The zero-order valence-corrected chi connectivity index (χ0v) is 12.1. The van der Waals surface area contributed by atoms with E-state index in [1.165, 1.54) is 0 Å². The van der Waals surface area contributed by atoms with E-state index in [1.807, 2.05) is 18.2 Å². The Bertz CT molecular complexity index is 331. The van der Waals surface area contributed by atoms with Gasteiger partial charge in [0, 0.05) is 24.1 Å². The number of nitrogens with zero attached hydrogens (tertiary/aromatic N) is 1. The number of halogens is 2. The number of hydrogen-bond acceptors (Lipinski definition) is 2. The molecule has 0 radical (unpaired) electrons. The summed E-state index contributed by atoms with van der Waals surface area (Å²) < 4.78 is 0.958. The molecule has 1 rings (SSSR count). The summed E-state index contributed by atoms with van der Waals surface area (Å²) in [5.74, 6) is 0. The molecule has 0 atom stereocenters. The number of nitrogens with one attached hydrogen (secondary N) is 1. The number of rotatable bonds is 6. The molecule has 16 heavy (non-hydrogen) atoms. The summed E-state index contributed by atoms with van der Waals surface area (Å²) in [4.78, 5) is 2.27. The fourth-order valence-electron chi connectivity index (χ4n) is 1.34. The van der Waals surface area contributed by atoms with Crippen LogP contribution in [0.15, 0.2) is 22.7 Å². The number of benzene rings is 1. The van der Waals surface area contributed by atoms with Gasteiger partial charge in [0.25, 0.3) is 0 Å². The average Bonchev–Trinajstić information content (AvgIpc) is 2.29. The topological polar surface area (TPSA) is 15.3 Å². The molecule has 90 valence electrons. The third-order valence-corrected chi connectivity index (χ3v) is 3.89. The molecule has 0 spiro atoms. The van der Waals surface area contributed by atoms with Crippen molar-refractivity contribution in [1.82, 2.24) is 10.2 Å². The van der Waals surface area contributed by atoms with Crippen molar-refractivity contribution in [3.63, 3.8) is 0 Å². The van der Waals surface area contributed by atoms with E-state index in [0.29, 0.717) is 0 Å². The summed E-state index contributed by atoms with van der Waals surface area (Å²) in [6.07, 6.45) is 0. The van der Waals surface area contributed by atoms with Gasteiger partial charge in [0.15, 0.2) is 0 Å². The molecule has 0 aliphatic rings. The van der Waals surface area contributed by atoms with E-state index in [9.17, 15) is 0 Å². The molecule has 2 nitrogen and oxygen atoms in total. The molecule has 0 amide bonds. The van der Waals surface area contributed by atoms with Gasteiger partial charge in [-0.1, -0.05) is 30.7 Å². The molecular formula is C12H18BrClN2. The second-order valence-electron chi connectivity index (χ2n) is 3.79. The second kappa shape index (κ2) is 7.28. The van der Waals surface area contributed by atoms with Crippen LogP contribution >= 0.6 is 27.5 Å². The van der Waals surface area contributed by atoms with Crippen molar-refractivity contribution in [3.05, 3.63) is 33.3 Å². The third-order valence-electron chi connectivity index (χ3n) is 2.56. The molecule has 1 aromatic rings. The molecule has 0 bridgehead atoms. The zero-order valence-electron chi connectivity index (χ0n) is 9.76. The maximum absolute atomic E-state index is 6.16. The molecule has 4 heteroatoms. The van der Waals surface area contributed by atoms with Crippen molar-refractivity contribution in [3.8, 4) is 0 Å². The molecule has 1 N–H and O–H groups in total. The first-order valence-corrected chi connectivity index (χ1v) is 6.64. The molecule has 0 saturated carbocycles. The van der Waals surface area contributed by atoms with Crippen LogP contribution < -0.4 is 5.32 Å². The Morgan fingerprint density at radius 1 is 1.44 bits per heavy atom.